The largest absolute Gasteiger partial charge is 0.416 e. The van der Waals surface area contributed by atoms with E-state index in [0.717, 1.165) is 12.1 Å². The Morgan fingerprint density at radius 3 is 2.12 bits per heavy atom. The summed E-state index contributed by atoms with van der Waals surface area (Å²) in [7, 11) is 0. The predicted octanol–water partition coefficient (Wildman–Crippen LogP) is 4.02. The van der Waals surface area contributed by atoms with Crippen LogP contribution < -0.4 is 5.73 Å². The zero-order chi connectivity index (χ0) is 12.7. The van der Waals surface area contributed by atoms with Gasteiger partial charge in [0.05, 0.1) is 9.11 Å². The Balaban J connectivity index is 3.46. The van der Waals surface area contributed by atoms with Crippen LogP contribution in [-0.2, 0) is 9.72 Å². The van der Waals surface area contributed by atoms with Gasteiger partial charge in [-0.15, -0.1) is 0 Å². The van der Waals surface area contributed by atoms with Gasteiger partial charge in [0, 0.05) is 9.13 Å². The van der Waals surface area contributed by atoms with Crippen LogP contribution in [0.15, 0.2) is 12.1 Å². The van der Waals surface area contributed by atoms with E-state index in [0.29, 0.717) is 0 Å². The van der Waals surface area contributed by atoms with E-state index >= 15 is 0 Å². The first-order valence-corrected chi connectivity index (χ1v) is 6.23. The molecule has 2 N–H and O–H groups in total. The molecule has 0 bridgehead atoms. The summed E-state index contributed by atoms with van der Waals surface area (Å²) in [6.07, 6.45) is -4.50. The zero-order valence-electron chi connectivity index (χ0n) is 8.00. The molecule has 1 aromatic rings. The summed E-state index contributed by atoms with van der Waals surface area (Å²) in [5, 5.41) is 0. The molecule has 0 unspecified atom stereocenters. The molecule has 0 fully saturated rings. The number of rotatable bonds is 1. The summed E-state index contributed by atoms with van der Waals surface area (Å²) in [5.74, 6) is -0.701. The molecule has 0 aliphatic carbocycles. The molecule has 1 atom stereocenters. The normalized spacial score (nSPS) is 16.0. The zero-order valence-corrected chi connectivity index (χ0v) is 12.3. The topological polar surface area (TPSA) is 26.0 Å². The Kier molecular flexibility index (Phi) is 4.11. The second-order valence-electron chi connectivity index (χ2n) is 3.39. The van der Waals surface area contributed by atoms with Gasteiger partial charge < -0.3 is 5.73 Å². The lowest BCUT2D eigenvalue weighted by molar-refractivity contribution is -0.137. The van der Waals surface area contributed by atoms with Gasteiger partial charge in [-0.3, -0.25) is 0 Å². The maximum Gasteiger partial charge on any atom is 0.416 e. The number of hydrogen-bond acceptors (Lipinski definition) is 1. The van der Waals surface area contributed by atoms with Crippen molar-refractivity contribution in [3.8, 4) is 0 Å². The van der Waals surface area contributed by atoms with Crippen LogP contribution in [0.25, 0.3) is 0 Å². The Morgan fingerprint density at radius 1 is 1.25 bits per heavy atom. The molecule has 0 saturated heterocycles. The average molecular weight is 459 g/mol. The Morgan fingerprint density at radius 2 is 1.75 bits per heavy atom. The van der Waals surface area contributed by atoms with Crippen LogP contribution in [0.4, 0.5) is 17.6 Å². The minimum atomic E-state index is -4.50. The minimum Gasteiger partial charge on any atom is -0.313 e. The maximum atomic E-state index is 13.6. The SMILES string of the molecule is C[C@@](N)(I)c1cc(C(F)(F)F)cc(I)c1F. The first kappa shape index (κ1) is 14.4. The molecule has 16 heavy (non-hydrogen) atoms. The van der Waals surface area contributed by atoms with Gasteiger partial charge in [0.2, 0.25) is 0 Å². The number of alkyl halides is 4. The average Bonchev–Trinajstić information content (AvgIpc) is 2.05. The van der Waals surface area contributed by atoms with E-state index in [1.807, 2.05) is 0 Å². The molecule has 0 radical (unpaired) electrons. The molecule has 0 heterocycles. The Hall–Kier alpha value is 0.360. The molecule has 1 rings (SSSR count). The fraction of sp³-hybridized carbons (Fsp3) is 0.333. The summed E-state index contributed by atoms with van der Waals surface area (Å²) in [4.78, 5) is 0. The van der Waals surface area contributed by atoms with Crippen molar-refractivity contribution >= 4 is 45.2 Å². The van der Waals surface area contributed by atoms with Crippen LogP contribution in [0.5, 0.6) is 0 Å². The van der Waals surface area contributed by atoms with E-state index in [1.165, 1.54) is 29.5 Å². The quantitative estimate of drug-likeness (QED) is 0.292. The Bertz CT molecular complexity index is 409. The fourth-order valence-electron chi connectivity index (χ4n) is 1.11. The van der Waals surface area contributed by atoms with Crippen LogP contribution in [0.2, 0.25) is 0 Å². The van der Waals surface area contributed by atoms with Crippen LogP contribution in [0.3, 0.4) is 0 Å². The van der Waals surface area contributed by atoms with E-state index in [1.54, 1.807) is 22.6 Å². The molecule has 0 aliphatic rings. The molecule has 0 saturated carbocycles. The van der Waals surface area contributed by atoms with Crippen LogP contribution in [0.1, 0.15) is 18.1 Å². The molecule has 1 nitrogen and oxygen atoms in total. The first-order chi connectivity index (χ1) is 7.03. The van der Waals surface area contributed by atoms with Crippen molar-refractivity contribution < 1.29 is 17.6 Å². The monoisotopic (exact) mass is 459 g/mol. The first-order valence-electron chi connectivity index (χ1n) is 4.08. The van der Waals surface area contributed by atoms with Crippen molar-refractivity contribution in [1.82, 2.24) is 0 Å². The predicted molar refractivity (Wildman–Crippen MR) is 69.7 cm³/mol. The van der Waals surface area contributed by atoms with Gasteiger partial charge >= 0.3 is 6.18 Å². The van der Waals surface area contributed by atoms with Crippen molar-refractivity contribution in [3.63, 3.8) is 0 Å². The number of nitrogens with two attached hydrogens (primary N) is 1. The van der Waals surface area contributed by atoms with Gasteiger partial charge in [0.25, 0.3) is 0 Å². The Labute approximate surface area is 117 Å². The lowest BCUT2D eigenvalue weighted by Crippen LogP contribution is -2.27. The van der Waals surface area contributed by atoms with Crippen molar-refractivity contribution in [2.45, 2.75) is 16.6 Å². The highest BCUT2D eigenvalue weighted by molar-refractivity contribution is 14.1. The molecular formula is C9H7F4I2N. The third kappa shape index (κ3) is 3.19. The summed E-state index contributed by atoms with van der Waals surface area (Å²) >= 11 is 3.22. The molecule has 0 aliphatic heterocycles. The van der Waals surface area contributed by atoms with E-state index in [-0.39, 0.29) is 9.13 Å². The van der Waals surface area contributed by atoms with Crippen molar-refractivity contribution in [2.75, 3.05) is 0 Å². The third-order valence-corrected chi connectivity index (χ3v) is 3.25. The van der Waals surface area contributed by atoms with E-state index in [9.17, 15) is 17.6 Å². The van der Waals surface area contributed by atoms with Crippen molar-refractivity contribution in [2.24, 2.45) is 5.73 Å². The van der Waals surface area contributed by atoms with Crippen molar-refractivity contribution in [1.29, 1.82) is 0 Å². The molecule has 7 heteroatoms. The molecule has 0 spiro atoms. The molecule has 90 valence electrons. The minimum absolute atomic E-state index is 0.0873. The van der Waals surface area contributed by atoms with Crippen LogP contribution >= 0.6 is 45.2 Å². The maximum absolute atomic E-state index is 13.6. The summed E-state index contributed by atoms with van der Waals surface area (Å²) in [6, 6.07) is 1.52. The van der Waals surface area contributed by atoms with Crippen molar-refractivity contribution in [3.05, 3.63) is 32.6 Å². The fourth-order valence-corrected chi connectivity index (χ4v) is 2.13. The third-order valence-electron chi connectivity index (χ3n) is 1.88. The molecule has 0 amide bonds. The standard InChI is InChI=1S/C9H7F4I2N/c1-8(15,16)5-2-4(9(11,12)13)3-6(14)7(5)10/h2-3H,16H2,1H3/t8-/m0/s1. The highest BCUT2D eigenvalue weighted by Crippen LogP contribution is 2.36. The van der Waals surface area contributed by atoms with Gasteiger partial charge in [-0.25, -0.2) is 4.39 Å². The summed E-state index contributed by atoms with van der Waals surface area (Å²) < 4.78 is 49.8. The number of halogens is 6. The number of hydrogen-bond donors (Lipinski definition) is 1. The van der Waals surface area contributed by atoms with Crippen LogP contribution in [0, 0.1) is 9.39 Å². The summed E-state index contributed by atoms with van der Waals surface area (Å²) in [6.45, 7) is 1.45. The number of benzene rings is 1. The van der Waals surface area contributed by atoms with Crippen LogP contribution in [-0.4, -0.2) is 0 Å². The molecular weight excluding hydrogens is 452 g/mol. The lowest BCUT2D eigenvalue weighted by Gasteiger charge is -2.20. The molecule has 1 aromatic carbocycles. The van der Waals surface area contributed by atoms with Gasteiger partial charge in [-0.05, 0) is 41.6 Å². The van der Waals surface area contributed by atoms with E-state index in [4.69, 9.17) is 5.73 Å². The molecule has 0 aromatic heterocycles. The second kappa shape index (κ2) is 4.56. The van der Waals surface area contributed by atoms with E-state index in [2.05, 4.69) is 0 Å². The smallest absolute Gasteiger partial charge is 0.313 e. The van der Waals surface area contributed by atoms with Gasteiger partial charge in [-0.1, -0.05) is 22.6 Å². The second-order valence-corrected chi connectivity index (χ2v) is 6.80. The van der Waals surface area contributed by atoms with Gasteiger partial charge in [0.15, 0.2) is 0 Å². The summed E-state index contributed by atoms with van der Waals surface area (Å²) in [5.41, 5.74) is 4.58. The lowest BCUT2D eigenvalue weighted by atomic mass is 10.0. The van der Waals surface area contributed by atoms with Gasteiger partial charge in [0.1, 0.15) is 5.82 Å². The van der Waals surface area contributed by atoms with E-state index < -0.39 is 21.1 Å². The van der Waals surface area contributed by atoms with Gasteiger partial charge in [-0.2, -0.15) is 13.2 Å². The highest BCUT2D eigenvalue weighted by Gasteiger charge is 2.34. The highest BCUT2D eigenvalue weighted by atomic mass is 127.